The Morgan fingerprint density at radius 1 is 1.05 bits per heavy atom. The summed E-state index contributed by atoms with van der Waals surface area (Å²) in [4.78, 5) is 2.92. The average molecular weight is 301 g/mol. The fourth-order valence-corrected chi connectivity index (χ4v) is 3.53. The van der Waals surface area contributed by atoms with Crippen LogP contribution in [-0.4, -0.2) is 6.54 Å². The zero-order chi connectivity index (χ0) is 15.3. The molecule has 1 atom stereocenters. The van der Waals surface area contributed by atoms with Crippen LogP contribution in [0.1, 0.15) is 55.5 Å². The lowest BCUT2D eigenvalue weighted by atomic mass is 9.95. The molecule has 2 heteroatoms. The molecule has 0 saturated carbocycles. The summed E-state index contributed by atoms with van der Waals surface area (Å²) in [6, 6.07) is 15.8. The van der Waals surface area contributed by atoms with Crippen molar-refractivity contribution in [3.63, 3.8) is 0 Å². The van der Waals surface area contributed by atoms with E-state index in [4.69, 9.17) is 0 Å². The van der Waals surface area contributed by atoms with Gasteiger partial charge in [0.1, 0.15) is 0 Å². The fourth-order valence-electron chi connectivity index (χ4n) is 2.38. The highest BCUT2D eigenvalue weighted by atomic mass is 32.1. The molecule has 2 rings (SSSR count). The highest BCUT2D eigenvalue weighted by molar-refractivity contribution is 7.12. The van der Waals surface area contributed by atoms with Crippen LogP contribution in [-0.2, 0) is 11.8 Å². The number of thiophene rings is 1. The van der Waals surface area contributed by atoms with Crippen molar-refractivity contribution in [2.24, 2.45) is 0 Å². The zero-order valence-corrected chi connectivity index (χ0v) is 14.5. The van der Waals surface area contributed by atoms with E-state index in [9.17, 15) is 0 Å². The first kappa shape index (κ1) is 16.3. The molecule has 114 valence electrons. The van der Waals surface area contributed by atoms with Crippen molar-refractivity contribution in [3.8, 4) is 0 Å². The molecule has 1 N–H and O–H groups in total. The third kappa shape index (κ3) is 4.69. The first-order chi connectivity index (χ1) is 10.0. The monoisotopic (exact) mass is 301 g/mol. The van der Waals surface area contributed by atoms with Gasteiger partial charge in [-0.1, -0.05) is 58.0 Å². The highest BCUT2D eigenvalue weighted by Gasteiger charge is 2.19. The molecule has 0 aliphatic heterocycles. The molecule has 0 aliphatic carbocycles. The van der Waals surface area contributed by atoms with E-state index in [1.165, 1.54) is 21.7 Å². The van der Waals surface area contributed by atoms with E-state index in [1.807, 2.05) is 11.3 Å². The van der Waals surface area contributed by atoms with E-state index in [0.29, 0.717) is 6.04 Å². The molecule has 0 aliphatic rings. The lowest BCUT2D eigenvalue weighted by Gasteiger charge is -2.19. The molecule has 21 heavy (non-hydrogen) atoms. The maximum atomic E-state index is 3.71. The number of benzene rings is 1. The molecule has 0 saturated heterocycles. The third-order valence-corrected chi connectivity index (χ3v) is 5.26. The van der Waals surface area contributed by atoms with Crippen LogP contribution in [0.4, 0.5) is 0 Å². The second kappa shape index (κ2) is 7.24. The first-order valence-electron chi connectivity index (χ1n) is 7.88. The predicted octanol–water partition coefficient (Wildman–Crippen LogP) is 5.33. The average Bonchev–Trinajstić information content (AvgIpc) is 2.94. The minimum absolute atomic E-state index is 0.241. The largest absolute Gasteiger partial charge is 0.309 e. The van der Waals surface area contributed by atoms with E-state index in [0.717, 1.165) is 13.0 Å². The van der Waals surface area contributed by atoms with Crippen LogP contribution in [0.15, 0.2) is 42.5 Å². The number of rotatable bonds is 6. The molecule has 1 aromatic carbocycles. The Morgan fingerprint density at radius 3 is 2.33 bits per heavy atom. The van der Waals surface area contributed by atoms with Gasteiger partial charge in [-0.2, -0.15) is 0 Å². The van der Waals surface area contributed by atoms with Gasteiger partial charge in [-0.15, -0.1) is 11.3 Å². The summed E-state index contributed by atoms with van der Waals surface area (Å²) in [5, 5.41) is 3.71. The second-order valence-electron chi connectivity index (χ2n) is 6.65. The molecular formula is C19H27NS. The van der Waals surface area contributed by atoms with E-state index in [-0.39, 0.29) is 5.41 Å². The van der Waals surface area contributed by atoms with E-state index >= 15 is 0 Å². The Kier molecular flexibility index (Phi) is 5.60. The minimum atomic E-state index is 0.241. The Morgan fingerprint density at radius 2 is 1.76 bits per heavy atom. The van der Waals surface area contributed by atoms with E-state index < -0.39 is 0 Å². The van der Waals surface area contributed by atoms with Gasteiger partial charge >= 0.3 is 0 Å². The standard InChI is InChI=1S/C19H27NS/c1-5-13-20-16(14-15-9-7-6-8-10-15)17-11-12-18(21-17)19(2,3)4/h6-12,16,20H,5,13-14H2,1-4H3. The van der Waals surface area contributed by atoms with Gasteiger partial charge in [0.05, 0.1) is 0 Å². The van der Waals surface area contributed by atoms with Gasteiger partial charge in [-0.05, 0) is 42.5 Å². The van der Waals surface area contributed by atoms with Gasteiger partial charge in [-0.3, -0.25) is 0 Å². The number of hydrogen-bond acceptors (Lipinski definition) is 2. The Labute approximate surface area is 133 Å². The molecule has 0 bridgehead atoms. The van der Waals surface area contributed by atoms with Crippen molar-refractivity contribution in [1.29, 1.82) is 0 Å². The summed E-state index contributed by atoms with van der Waals surface area (Å²) < 4.78 is 0. The van der Waals surface area contributed by atoms with Crippen LogP contribution in [0.3, 0.4) is 0 Å². The van der Waals surface area contributed by atoms with Crippen LogP contribution < -0.4 is 5.32 Å². The quantitative estimate of drug-likeness (QED) is 0.760. The van der Waals surface area contributed by atoms with E-state index in [1.54, 1.807) is 0 Å². The van der Waals surface area contributed by atoms with Gasteiger partial charge in [0.2, 0.25) is 0 Å². The highest BCUT2D eigenvalue weighted by Crippen LogP contribution is 2.33. The maximum Gasteiger partial charge on any atom is 0.0455 e. The molecule has 0 amide bonds. The topological polar surface area (TPSA) is 12.0 Å². The summed E-state index contributed by atoms with van der Waals surface area (Å²) in [5.74, 6) is 0. The molecule has 2 aromatic rings. The van der Waals surface area contributed by atoms with Crippen LogP contribution in [0.25, 0.3) is 0 Å². The number of nitrogens with one attached hydrogen (secondary N) is 1. The van der Waals surface area contributed by atoms with Crippen molar-refractivity contribution in [3.05, 3.63) is 57.8 Å². The minimum Gasteiger partial charge on any atom is -0.309 e. The van der Waals surface area contributed by atoms with Gasteiger partial charge in [-0.25, -0.2) is 0 Å². The third-order valence-electron chi connectivity index (χ3n) is 3.63. The van der Waals surface area contributed by atoms with Gasteiger partial charge in [0, 0.05) is 15.8 Å². The SMILES string of the molecule is CCCNC(Cc1ccccc1)c1ccc(C(C)(C)C)s1. The van der Waals surface area contributed by atoms with Gasteiger partial charge in [0.15, 0.2) is 0 Å². The van der Waals surface area contributed by atoms with Crippen molar-refractivity contribution >= 4 is 11.3 Å². The van der Waals surface area contributed by atoms with Gasteiger partial charge in [0.25, 0.3) is 0 Å². The van der Waals surface area contributed by atoms with Crippen molar-refractivity contribution in [1.82, 2.24) is 5.32 Å². The zero-order valence-electron chi connectivity index (χ0n) is 13.6. The molecule has 1 aromatic heterocycles. The summed E-state index contributed by atoms with van der Waals surface area (Å²) in [6.45, 7) is 10.2. The summed E-state index contributed by atoms with van der Waals surface area (Å²) in [7, 11) is 0. The lowest BCUT2D eigenvalue weighted by molar-refractivity contribution is 0.536. The molecule has 0 radical (unpaired) electrons. The van der Waals surface area contributed by atoms with Crippen molar-refractivity contribution < 1.29 is 0 Å². The summed E-state index contributed by atoms with van der Waals surface area (Å²) in [5.41, 5.74) is 1.64. The predicted molar refractivity (Wildman–Crippen MR) is 94.2 cm³/mol. The Hall–Kier alpha value is -1.12. The summed E-state index contributed by atoms with van der Waals surface area (Å²) >= 11 is 1.96. The Balaban J connectivity index is 2.17. The normalized spacial score (nSPS) is 13.3. The molecule has 0 fully saturated rings. The molecule has 1 nitrogen and oxygen atoms in total. The van der Waals surface area contributed by atoms with Crippen LogP contribution in [0.2, 0.25) is 0 Å². The van der Waals surface area contributed by atoms with Crippen molar-refractivity contribution in [2.75, 3.05) is 6.54 Å². The fraction of sp³-hybridized carbons (Fsp3) is 0.474. The van der Waals surface area contributed by atoms with Crippen LogP contribution in [0, 0.1) is 0 Å². The molecule has 0 spiro atoms. The number of hydrogen-bond donors (Lipinski definition) is 1. The molecule has 1 heterocycles. The molecular weight excluding hydrogens is 274 g/mol. The van der Waals surface area contributed by atoms with Gasteiger partial charge < -0.3 is 5.32 Å². The summed E-state index contributed by atoms with van der Waals surface area (Å²) in [6.07, 6.45) is 2.23. The first-order valence-corrected chi connectivity index (χ1v) is 8.70. The molecule has 1 unspecified atom stereocenters. The maximum absolute atomic E-state index is 3.71. The van der Waals surface area contributed by atoms with Crippen LogP contribution in [0.5, 0.6) is 0 Å². The Bertz CT molecular complexity index is 536. The second-order valence-corrected chi connectivity index (χ2v) is 7.76. The van der Waals surface area contributed by atoms with Crippen molar-refractivity contribution in [2.45, 2.75) is 52.0 Å². The van der Waals surface area contributed by atoms with E-state index in [2.05, 4.69) is 75.5 Å². The van der Waals surface area contributed by atoms with Crippen LogP contribution >= 0.6 is 11.3 Å². The smallest absolute Gasteiger partial charge is 0.0455 e. The lowest BCUT2D eigenvalue weighted by Crippen LogP contribution is -2.23.